The summed E-state index contributed by atoms with van der Waals surface area (Å²) in [4.78, 5) is 0. The predicted molar refractivity (Wildman–Crippen MR) is 71.2 cm³/mol. The van der Waals surface area contributed by atoms with E-state index in [2.05, 4.69) is 37.5 Å². The summed E-state index contributed by atoms with van der Waals surface area (Å²) < 4.78 is 2.39. The van der Waals surface area contributed by atoms with Crippen molar-refractivity contribution in [2.24, 2.45) is 5.92 Å². The number of fused-ring (bicyclic) bond motifs is 1. The first-order valence-electron chi connectivity index (χ1n) is 5.90. The maximum atomic E-state index is 6.22. The second-order valence-electron chi connectivity index (χ2n) is 4.67. The maximum absolute atomic E-state index is 6.22. The Morgan fingerprint density at radius 2 is 2.06 bits per heavy atom. The van der Waals surface area contributed by atoms with E-state index < -0.39 is 0 Å². The molecule has 0 bridgehead atoms. The van der Waals surface area contributed by atoms with Crippen molar-refractivity contribution in [1.82, 2.24) is 4.57 Å². The molecule has 1 heterocycles. The van der Waals surface area contributed by atoms with Crippen LogP contribution in [-0.2, 0) is 13.0 Å². The molecule has 2 aromatic rings. The molecule has 0 saturated heterocycles. The zero-order valence-corrected chi connectivity index (χ0v) is 10.9. The van der Waals surface area contributed by atoms with Gasteiger partial charge in [-0.3, -0.25) is 0 Å². The van der Waals surface area contributed by atoms with E-state index in [4.69, 9.17) is 11.6 Å². The van der Waals surface area contributed by atoms with E-state index in [-0.39, 0.29) is 0 Å². The highest BCUT2D eigenvalue weighted by Crippen LogP contribution is 2.27. The van der Waals surface area contributed by atoms with Gasteiger partial charge in [0, 0.05) is 28.2 Å². The van der Waals surface area contributed by atoms with Crippen LogP contribution in [0.1, 0.15) is 26.5 Å². The number of halogens is 1. The summed E-state index contributed by atoms with van der Waals surface area (Å²) in [6.07, 6.45) is 1.05. The Bertz CT molecular complexity index is 497. The molecule has 2 rings (SSSR count). The minimum absolute atomic E-state index is 0.653. The van der Waals surface area contributed by atoms with Crippen LogP contribution < -0.4 is 0 Å². The quantitative estimate of drug-likeness (QED) is 0.738. The number of aromatic nitrogens is 1. The molecule has 16 heavy (non-hydrogen) atoms. The molecule has 1 aromatic heterocycles. The zero-order chi connectivity index (χ0) is 11.7. The van der Waals surface area contributed by atoms with E-state index in [0.717, 1.165) is 18.0 Å². The van der Waals surface area contributed by atoms with Gasteiger partial charge in [0.1, 0.15) is 0 Å². The van der Waals surface area contributed by atoms with Gasteiger partial charge >= 0.3 is 0 Å². The van der Waals surface area contributed by atoms with E-state index in [1.54, 1.807) is 0 Å². The summed E-state index contributed by atoms with van der Waals surface area (Å²) in [5.41, 5.74) is 2.63. The number of hydrogen-bond donors (Lipinski definition) is 0. The molecule has 2 heteroatoms. The van der Waals surface area contributed by atoms with Gasteiger partial charge in [0.25, 0.3) is 0 Å². The molecule has 0 amide bonds. The van der Waals surface area contributed by atoms with E-state index in [9.17, 15) is 0 Å². The molecular formula is C14H18ClN. The Kier molecular flexibility index (Phi) is 3.25. The van der Waals surface area contributed by atoms with Crippen LogP contribution in [0.4, 0.5) is 0 Å². The summed E-state index contributed by atoms with van der Waals surface area (Å²) in [5, 5.41) is 2.04. The molecule has 86 valence electrons. The second kappa shape index (κ2) is 4.50. The molecule has 0 aliphatic carbocycles. The molecule has 1 nitrogen and oxygen atoms in total. The average Bonchev–Trinajstić information content (AvgIpc) is 2.58. The van der Waals surface area contributed by atoms with Crippen LogP contribution in [0.5, 0.6) is 0 Å². The van der Waals surface area contributed by atoms with E-state index in [0.29, 0.717) is 5.92 Å². The highest BCUT2D eigenvalue weighted by Gasteiger charge is 2.10. The van der Waals surface area contributed by atoms with Crippen LogP contribution in [0.3, 0.4) is 0 Å². The van der Waals surface area contributed by atoms with Gasteiger partial charge in [-0.15, -0.1) is 0 Å². The minimum atomic E-state index is 0.653. The van der Waals surface area contributed by atoms with Crippen molar-refractivity contribution < 1.29 is 0 Å². The largest absolute Gasteiger partial charge is 0.344 e. The van der Waals surface area contributed by atoms with Crippen LogP contribution in [0, 0.1) is 5.92 Å². The highest BCUT2D eigenvalue weighted by molar-refractivity contribution is 6.35. The average molecular weight is 236 g/mol. The van der Waals surface area contributed by atoms with Crippen molar-refractivity contribution in [3.05, 3.63) is 35.0 Å². The Balaban J connectivity index is 2.64. The van der Waals surface area contributed by atoms with Crippen LogP contribution in [0.15, 0.2) is 24.3 Å². The predicted octanol–water partition coefficient (Wildman–Crippen LogP) is 4.51. The molecule has 0 saturated carbocycles. The summed E-state index contributed by atoms with van der Waals surface area (Å²) in [6, 6.07) is 8.37. The van der Waals surface area contributed by atoms with Gasteiger partial charge in [-0.05, 0) is 30.5 Å². The summed E-state index contributed by atoms with van der Waals surface area (Å²) in [5.74, 6) is 0.653. The van der Waals surface area contributed by atoms with Gasteiger partial charge in [-0.1, -0.05) is 38.4 Å². The molecule has 0 radical (unpaired) electrons. The third kappa shape index (κ3) is 1.97. The van der Waals surface area contributed by atoms with Crippen LogP contribution >= 0.6 is 11.6 Å². The molecule has 0 N–H and O–H groups in total. The summed E-state index contributed by atoms with van der Waals surface area (Å²) >= 11 is 6.22. The molecule has 0 spiro atoms. The zero-order valence-electron chi connectivity index (χ0n) is 10.1. The van der Waals surface area contributed by atoms with Crippen molar-refractivity contribution in [2.75, 3.05) is 0 Å². The van der Waals surface area contributed by atoms with Crippen molar-refractivity contribution in [1.29, 1.82) is 0 Å². The monoisotopic (exact) mass is 235 g/mol. The first kappa shape index (κ1) is 11.5. The number of aryl methyl sites for hydroxylation is 1. The minimum Gasteiger partial charge on any atom is -0.344 e. The van der Waals surface area contributed by atoms with Crippen molar-refractivity contribution in [2.45, 2.75) is 33.7 Å². The first-order valence-corrected chi connectivity index (χ1v) is 6.28. The molecular weight excluding hydrogens is 218 g/mol. The molecule has 0 aliphatic rings. The van der Waals surface area contributed by atoms with E-state index in [1.807, 2.05) is 12.1 Å². The van der Waals surface area contributed by atoms with Crippen LogP contribution in [0.25, 0.3) is 10.9 Å². The third-order valence-electron chi connectivity index (χ3n) is 2.89. The summed E-state index contributed by atoms with van der Waals surface area (Å²) in [6.45, 7) is 7.75. The molecule has 1 aromatic carbocycles. The van der Waals surface area contributed by atoms with Crippen molar-refractivity contribution >= 4 is 22.5 Å². The number of rotatable bonds is 3. The van der Waals surface area contributed by atoms with Gasteiger partial charge in [-0.2, -0.15) is 0 Å². The highest BCUT2D eigenvalue weighted by atomic mass is 35.5. The number of benzene rings is 1. The fourth-order valence-electron chi connectivity index (χ4n) is 2.18. The van der Waals surface area contributed by atoms with Crippen molar-refractivity contribution in [3.8, 4) is 0 Å². The lowest BCUT2D eigenvalue weighted by Gasteiger charge is -2.12. The SMILES string of the molecule is CCc1cc2c(Cl)cccc2n1CC(C)C. The van der Waals surface area contributed by atoms with Crippen LogP contribution in [-0.4, -0.2) is 4.57 Å². The Labute approximate surface area is 102 Å². The fourth-order valence-corrected chi connectivity index (χ4v) is 2.40. The van der Waals surface area contributed by atoms with Crippen molar-refractivity contribution in [3.63, 3.8) is 0 Å². The maximum Gasteiger partial charge on any atom is 0.0499 e. The molecule has 0 atom stereocenters. The standard InChI is InChI=1S/C14H18ClN/c1-4-11-8-12-13(15)6-5-7-14(12)16(11)9-10(2)3/h5-8,10H,4,9H2,1-3H3. The first-order chi connectivity index (χ1) is 7.63. The number of nitrogens with zero attached hydrogens (tertiary/aromatic N) is 1. The van der Waals surface area contributed by atoms with E-state index >= 15 is 0 Å². The lowest BCUT2D eigenvalue weighted by Crippen LogP contribution is -2.07. The smallest absolute Gasteiger partial charge is 0.0499 e. The third-order valence-corrected chi connectivity index (χ3v) is 3.22. The molecule has 0 fully saturated rings. The lowest BCUT2D eigenvalue weighted by molar-refractivity contribution is 0.523. The number of hydrogen-bond acceptors (Lipinski definition) is 0. The van der Waals surface area contributed by atoms with Gasteiger partial charge in [0.15, 0.2) is 0 Å². The van der Waals surface area contributed by atoms with Gasteiger partial charge < -0.3 is 4.57 Å². The topological polar surface area (TPSA) is 4.93 Å². The van der Waals surface area contributed by atoms with E-state index in [1.165, 1.54) is 16.6 Å². The molecule has 0 aliphatic heterocycles. The summed E-state index contributed by atoms with van der Waals surface area (Å²) in [7, 11) is 0. The Morgan fingerprint density at radius 1 is 1.31 bits per heavy atom. The normalized spacial score (nSPS) is 11.6. The lowest BCUT2D eigenvalue weighted by atomic mass is 10.2. The molecule has 0 unspecified atom stereocenters. The van der Waals surface area contributed by atoms with Gasteiger partial charge in [0.2, 0.25) is 0 Å². The second-order valence-corrected chi connectivity index (χ2v) is 5.07. The van der Waals surface area contributed by atoms with Gasteiger partial charge in [-0.25, -0.2) is 0 Å². The van der Waals surface area contributed by atoms with Crippen LogP contribution in [0.2, 0.25) is 5.02 Å². The Morgan fingerprint density at radius 3 is 2.69 bits per heavy atom. The van der Waals surface area contributed by atoms with Gasteiger partial charge in [0.05, 0.1) is 0 Å². The Hall–Kier alpha value is -0.950. The fraction of sp³-hybridized carbons (Fsp3) is 0.429.